The molecule has 1 aliphatic rings. The van der Waals surface area contributed by atoms with Crippen LogP contribution in [-0.2, 0) is 11.2 Å². The highest BCUT2D eigenvalue weighted by atomic mass is 19.1. The van der Waals surface area contributed by atoms with Gasteiger partial charge in [-0.1, -0.05) is 6.92 Å². The summed E-state index contributed by atoms with van der Waals surface area (Å²) < 4.78 is 19.2. The summed E-state index contributed by atoms with van der Waals surface area (Å²) in [6.07, 6.45) is 0.881. The summed E-state index contributed by atoms with van der Waals surface area (Å²) >= 11 is 0. The van der Waals surface area contributed by atoms with Crippen molar-refractivity contribution in [3.63, 3.8) is 0 Å². The average Bonchev–Trinajstić information content (AvgIpc) is 2.32. The Hall–Kier alpha value is -1.09. The van der Waals surface area contributed by atoms with Crippen molar-refractivity contribution in [3.05, 3.63) is 29.1 Å². The molecular weight excluding hydrogens is 205 g/mol. The number of benzene rings is 1. The maximum Gasteiger partial charge on any atom is 0.146 e. The summed E-state index contributed by atoms with van der Waals surface area (Å²) in [7, 11) is 0. The zero-order valence-electron chi connectivity index (χ0n) is 9.92. The van der Waals surface area contributed by atoms with E-state index in [9.17, 15) is 4.39 Å². The Morgan fingerprint density at radius 1 is 1.31 bits per heavy atom. The van der Waals surface area contributed by atoms with Gasteiger partial charge in [-0.3, -0.25) is 0 Å². The molecule has 1 fully saturated rings. The highest BCUT2D eigenvalue weighted by Crippen LogP contribution is 2.24. The Kier molecular flexibility index (Phi) is 3.44. The Bertz CT molecular complexity index is 372. The molecule has 0 aromatic heterocycles. The molecule has 0 spiro atoms. The third kappa shape index (κ3) is 2.19. The predicted molar refractivity (Wildman–Crippen MR) is 63.5 cm³/mol. The molecule has 16 heavy (non-hydrogen) atoms. The third-order valence-electron chi connectivity index (χ3n) is 3.14. The fourth-order valence-corrected chi connectivity index (χ4v) is 2.13. The van der Waals surface area contributed by atoms with Gasteiger partial charge >= 0.3 is 0 Å². The number of nitrogens with zero attached hydrogens (tertiary/aromatic N) is 1. The maximum absolute atomic E-state index is 13.9. The zero-order chi connectivity index (χ0) is 11.5. The smallest absolute Gasteiger partial charge is 0.146 e. The van der Waals surface area contributed by atoms with Crippen molar-refractivity contribution in [3.8, 4) is 0 Å². The van der Waals surface area contributed by atoms with Crippen LogP contribution in [0.2, 0.25) is 0 Å². The Labute approximate surface area is 96.0 Å². The topological polar surface area (TPSA) is 12.5 Å². The van der Waals surface area contributed by atoms with Gasteiger partial charge in [0.15, 0.2) is 0 Å². The van der Waals surface area contributed by atoms with Gasteiger partial charge in [-0.2, -0.15) is 0 Å². The molecule has 0 unspecified atom stereocenters. The molecule has 3 heteroatoms. The van der Waals surface area contributed by atoms with E-state index in [-0.39, 0.29) is 5.82 Å². The number of halogens is 1. The second-order valence-electron chi connectivity index (χ2n) is 4.18. The van der Waals surface area contributed by atoms with E-state index < -0.39 is 0 Å². The van der Waals surface area contributed by atoms with Crippen molar-refractivity contribution in [1.82, 2.24) is 0 Å². The number of morpholine rings is 1. The van der Waals surface area contributed by atoms with E-state index in [4.69, 9.17) is 4.74 Å². The summed E-state index contributed by atoms with van der Waals surface area (Å²) in [5.41, 5.74) is 2.98. The Morgan fingerprint density at radius 2 is 2.00 bits per heavy atom. The van der Waals surface area contributed by atoms with Crippen LogP contribution >= 0.6 is 0 Å². The SMILES string of the molecule is CCc1cc(F)c(N2CCOCC2)cc1C. The minimum Gasteiger partial charge on any atom is -0.378 e. The number of anilines is 1. The van der Waals surface area contributed by atoms with E-state index in [1.54, 1.807) is 6.07 Å². The molecule has 0 radical (unpaired) electrons. The van der Waals surface area contributed by atoms with E-state index >= 15 is 0 Å². The van der Waals surface area contributed by atoms with Crippen LogP contribution in [0.25, 0.3) is 0 Å². The minimum absolute atomic E-state index is 0.107. The molecule has 1 aromatic rings. The quantitative estimate of drug-likeness (QED) is 0.764. The molecule has 2 nitrogen and oxygen atoms in total. The fourth-order valence-electron chi connectivity index (χ4n) is 2.13. The molecule has 1 saturated heterocycles. The molecule has 0 aliphatic carbocycles. The number of ether oxygens (including phenoxy) is 1. The monoisotopic (exact) mass is 223 g/mol. The first kappa shape index (κ1) is 11.4. The highest BCUT2D eigenvalue weighted by molar-refractivity contribution is 5.52. The largest absolute Gasteiger partial charge is 0.378 e. The first-order valence-electron chi connectivity index (χ1n) is 5.84. The van der Waals surface area contributed by atoms with Gasteiger partial charge in [0.25, 0.3) is 0 Å². The molecule has 1 aliphatic heterocycles. The van der Waals surface area contributed by atoms with Crippen LogP contribution in [0.15, 0.2) is 12.1 Å². The van der Waals surface area contributed by atoms with E-state index in [1.807, 2.05) is 13.0 Å². The van der Waals surface area contributed by atoms with Gasteiger partial charge in [0.2, 0.25) is 0 Å². The predicted octanol–water partition coefficient (Wildman–Crippen LogP) is 2.53. The summed E-state index contributed by atoms with van der Waals surface area (Å²) in [5, 5.41) is 0. The summed E-state index contributed by atoms with van der Waals surface area (Å²) in [6.45, 7) is 7.03. The van der Waals surface area contributed by atoms with Gasteiger partial charge in [0.1, 0.15) is 5.82 Å². The molecule has 0 N–H and O–H groups in total. The lowest BCUT2D eigenvalue weighted by Crippen LogP contribution is -2.36. The van der Waals surface area contributed by atoms with Crippen molar-refractivity contribution >= 4 is 5.69 Å². The van der Waals surface area contributed by atoms with Crippen molar-refractivity contribution in [1.29, 1.82) is 0 Å². The first-order chi connectivity index (χ1) is 7.72. The minimum atomic E-state index is -0.107. The van der Waals surface area contributed by atoms with Gasteiger partial charge in [-0.15, -0.1) is 0 Å². The lowest BCUT2D eigenvalue weighted by atomic mass is 10.0. The molecule has 0 bridgehead atoms. The lowest BCUT2D eigenvalue weighted by Gasteiger charge is -2.29. The van der Waals surface area contributed by atoms with Crippen LogP contribution in [0.1, 0.15) is 18.1 Å². The van der Waals surface area contributed by atoms with E-state index in [0.717, 1.165) is 30.8 Å². The van der Waals surface area contributed by atoms with E-state index in [2.05, 4.69) is 11.8 Å². The first-order valence-corrected chi connectivity index (χ1v) is 5.84. The van der Waals surface area contributed by atoms with Crippen LogP contribution in [0.5, 0.6) is 0 Å². The molecule has 0 saturated carbocycles. The van der Waals surface area contributed by atoms with Crippen molar-refractivity contribution in [2.45, 2.75) is 20.3 Å². The average molecular weight is 223 g/mol. The standard InChI is InChI=1S/C13H18FNO/c1-3-11-9-12(14)13(8-10(11)2)15-4-6-16-7-5-15/h8-9H,3-7H2,1-2H3. The molecular formula is C13H18FNO. The molecule has 0 atom stereocenters. The van der Waals surface area contributed by atoms with Gasteiger partial charge in [0, 0.05) is 13.1 Å². The van der Waals surface area contributed by atoms with Gasteiger partial charge in [-0.25, -0.2) is 4.39 Å². The molecule has 88 valence electrons. The highest BCUT2D eigenvalue weighted by Gasteiger charge is 2.16. The Morgan fingerprint density at radius 3 is 2.62 bits per heavy atom. The number of rotatable bonds is 2. The molecule has 1 heterocycles. The van der Waals surface area contributed by atoms with Crippen LogP contribution in [0, 0.1) is 12.7 Å². The second kappa shape index (κ2) is 4.83. The normalized spacial score (nSPS) is 16.6. The van der Waals surface area contributed by atoms with Crippen LogP contribution in [0.4, 0.5) is 10.1 Å². The number of hydrogen-bond acceptors (Lipinski definition) is 2. The van der Waals surface area contributed by atoms with E-state index in [1.165, 1.54) is 5.56 Å². The van der Waals surface area contributed by atoms with Gasteiger partial charge in [-0.05, 0) is 36.6 Å². The number of aryl methyl sites for hydroxylation is 2. The summed E-state index contributed by atoms with van der Waals surface area (Å²) in [6, 6.07) is 3.62. The third-order valence-corrected chi connectivity index (χ3v) is 3.14. The maximum atomic E-state index is 13.9. The Balaban J connectivity index is 2.29. The molecule has 1 aromatic carbocycles. The van der Waals surface area contributed by atoms with Crippen molar-refractivity contribution in [2.24, 2.45) is 0 Å². The van der Waals surface area contributed by atoms with Crippen molar-refractivity contribution < 1.29 is 9.13 Å². The fraction of sp³-hybridized carbons (Fsp3) is 0.538. The van der Waals surface area contributed by atoms with E-state index in [0.29, 0.717) is 13.2 Å². The summed E-state index contributed by atoms with van der Waals surface area (Å²) in [5.74, 6) is -0.107. The van der Waals surface area contributed by atoms with Crippen molar-refractivity contribution in [2.75, 3.05) is 31.2 Å². The van der Waals surface area contributed by atoms with Crippen LogP contribution < -0.4 is 4.90 Å². The molecule has 2 rings (SSSR count). The zero-order valence-corrected chi connectivity index (χ0v) is 9.92. The van der Waals surface area contributed by atoms with Crippen LogP contribution in [0.3, 0.4) is 0 Å². The van der Waals surface area contributed by atoms with Gasteiger partial charge in [0.05, 0.1) is 18.9 Å². The van der Waals surface area contributed by atoms with Gasteiger partial charge < -0.3 is 9.64 Å². The number of hydrogen-bond donors (Lipinski definition) is 0. The molecule has 0 amide bonds. The van der Waals surface area contributed by atoms with Crippen LogP contribution in [-0.4, -0.2) is 26.3 Å². The summed E-state index contributed by atoms with van der Waals surface area (Å²) in [4.78, 5) is 2.06. The lowest BCUT2D eigenvalue weighted by molar-refractivity contribution is 0.122. The second-order valence-corrected chi connectivity index (χ2v) is 4.18.